The minimum atomic E-state index is -3.52. The van der Waals surface area contributed by atoms with E-state index in [0.29, 0.717) is 31.6 Å². The van der Waals surface area contributed by atoms with Crippen molar-refractivity contribution in [1.29, 1.82) is 0 Å². The second-order valence-corrected chi connectivity index (χ2v) is 9.18. The van der Waals surface area contributed by atoms with Gasteiger partial charge in [0.05, 0.1) is 22.8 Å². The van der Waals surface area contributed by atoms with Gasteiger partial charge in [0.15, 0.2) is 0 Å². The maximum absolute atomic E-state index is 13.2. The van der Waals surface area contributed by atoms with Crippen LogP contribution in [0.5, 0.6) is 0 Å². The van der Waals surface area contributed by atoms with Crippen molar-refractivity contribution >= 4 is 27.4 Å². The number of sulfonamides is 1. The van der Waals surface area contributed by atoms with Crippen molar-refractivity contribution in [2.45, 2.75) is 24.5 Å². The van der Waals surface area contributed by atoms with Gasteiger partial charge < -0.3 is 10.2 Å². The number of nitrogens with one attached hydrogen (secondary N) is 1. The number of amides is 2. The Morgan fingerprint density at radius 3 is 2.85 bits per heavy atom. The maximum atomic E-state index is 13.2. The van der Waals surface area contributed by atoms with Crippen LogP contribution in [0.2, 0.25) is 0 Å². The number of carbonyl (C=O) groups is 1. The van der Waals surface area contributed by atoms with Crippen LogP contribution < -0.4 is 9.62 Å². The first-order chi connectivity index (χ1) is 12.9. The molecule has 1 unspecified atom stereocenters. The molecule has 2 aliphatic heterocycles. The summed E-state index contributed by atoms with van der Waals surface area (Å²) in [6.45, 7) is 1.22. The fraction of sp³-hybridized carbons (Fsp3) is 0.444. The summed E-state index contributed by atoms with van der Waals surface area (Å²) in [6, 6.07) is 7.33. The lowest BCUT2D eigenvalue weighted by Gasteiger charge is -2.34. The predicted molar refractivity (Wildman–Crippen MR) is 103 cm³/mol. The number of anilines is 2. The highest BCUT2D eigenvalue weighted by atomic mass is 32.2. The first-order valence-corrected chi connectivity index (χ1v) is 10.6. The number of hydrogen-bond donors (Lipinski definition) is 1. The van der Waals surface area contributed by atoms with Crippen LogP contribution >= 0.6 is 0 Å². The molecule has 27 heavy (non-hydrogen) atoms. The van der Waals surface area contributed by atoms with Gasteiger partial charge in [-0.3, -0.25) is 8.99 Å². The maximum Gasteiger partial charge on any atom is 0.321 e. The number of fused-ring (bicyclic) bond motifs is 1. The highest BCUT2D eigenvalue weighted by Crippen LogP contribution is 2.33. The minimum Gasteiger partial charge on any atom is -0.323 e. The van der Waals surface area contributed by atoms with Crippen LogP contribution in [-0.4, -0.2) is 54.0 Å². The number of nitrogens with zero attached hydrogens (tertiary/aromatic N) is 4. The molecule has 1 N–H and O–H groups in total. The zero-order valence-electron chi connectivity index (χ0n) is 15.2. The molecule has 8 nitrogen and oxygen atoms in total. The molecular weight excluding hydrogens is 366 g/mol. The Kier molecular flexibility index (Phi) is 4.55. The highest BCUT2D eigenvalue weighted by molar-refractivity contribution is 7.93. The molecule has 144 valence electrons. The van der Waals surface area contributed by atoms with Crippen LogP contribution in [0, 0.1) is 0 Å². The second-order valence-electron chi connectivity index (χ2n) is 7.04. The van der Waals surface area contributed by atoms with Crippen molar-refractivity contribution in [3.05, 3.63) is 42.2 Å². The molecule has 1 atom stereocenters. The number of aromatic nitrogens is 2. The minimum absolute atomic E-state index is 0.201. The Bertz CT molecular complexity index is 955. The summed E-state index contributed by atoms with van der Waals surface area (Å²) < 4.78 is 29.6. The summed E-state index contributed by atoms with van der Waals surface area (Å²) >= 11 is 0. The molecule has 0 bridgehead atoms. The van der Waals surface area contributed by atoms with Crippen molar-refractivity contribution in [2.24, 2.45) is 7.05 Å². The third-order valence-electron chi connectivity index (χ3n) is 5.19. The van der Waals surface area contributed by atoms with Gasteiger partial charge in [-0.2, -0.15) is 5.10 Å². The molecule has 2 amide bonds. The van der Waals surface area contributed by atoms with E-state index in [2.05, 4.69) is 10.4 Å². The molecule has 4 rings (SSSR count). The standard InChI is InChI=1S/C18H23N5O3S/c1-21-12-15(11-19-21)20-18(24)22-9-4-6-16(13-22)27(25,26)23-10-8-14-5-2-3-7-17(14)23/h2-3,5,7,11-12,16H,4,6,8-10,13H2,1H3,(H,20,24). The van der Waals surface area contributed by atoms with Crippen molar-refractivity contribution in [3.63, 3.8) is 0 Å². The summed E-state index contributed by atoms with van der Waals surface area (Å²) in [6.07, 6.45) is 5.24. The van der Waals surface area contributed by atoms with Gasteiger partial charge in [0.1, 0.15) is 0 Å². The van der Waals surface area contributed by atoms with Crippen molar-refractivity contribution in [3.8, 4) is 0 Å². The topological polar surface area (TPSA) is 87.5 Å². The highest BCUT2D eigenvalue weighted by Gasteiger charge is 2.39. The smallest absolute Gasteiger partial charge is 0.321 e. The van der Waals surface area contributed by atoms with Crippen LogP contribution in [0.3, 0.4) is 0 Å². The first kappa shape index (κ1) is 17.8. The zero-order valence-corrected chi connectivity index (χ0v) is 16.0. The van der Waals surface area contributed by atoms with E-state index >= 15 is 0 Å². The number of para-hydroxylation sites is 1. The van der Waals surface area contributed by atoms with Crippen molar-refractivity contribution in [1.82, 2.24) is 14.7 Å². The molecule has 9 heteroatoms. The van der Waals surface area contributed by atoms with Gasteiger partial charge in [-0.15, -0.1) is 0 Å². The van der Waals surface area contributed by atoms with Crippen LogP contribution in [0.4, 0.5) is 16.2 Å². The van der Waals surface area contributed by atoms with Gasteiger partial charge in [0.25, 0.3) is 0 Å². The van der Waals surface area contributed by atoms with E-state index in [9.17, 15) is 13.2 Å². The fourth-order valence-electron chi connectivity index (χ4n) is 3.81. The predicted octanol–water partition coefficient (Wildman–Crippen LogP) is 1.81. The molecule has 0 aliphatic carbocycles. The van der Waals surface area contributed by atoms with Gasteiger partial charge in [-0.05, 0) is 30.9 Å². The van der Waals surface area contributed by atoms with Gasteiger partial charge in [-0.25, -0.2) is 13.2 Å². The normalized spacial score (nSPS) is 19.8. The molecule has 1 fully saturated rings. The molecule has 1 saturated heterocycles. The van der Waals surface area contributed by atoms with Gasteiger partial charge in [0.2, 0.25) is 10.0 Å². The number of benzene rings is 1. The van der Waals surface area contributed by atoms with E-state index in [4.69, 9.17) is 0 Å². The van der Waals surface area contributed by atoms with Gasteiger partial charge in [-0.1, -0.05) is 18.2 Å². The summed E-state index contributed by atoms with van der Waals surface area (Å²) in [7, 11) is -1.74. The average molecular weight is 389 g/mol. The summed E-state index contributed by atoms with van der Waals surface area (Å²) in [5.41, 5.74) is 2.43. The van der Waals surface area contributed by atoms with Crippen molar-refractivity contribution < 1.29 is 13.2 Å². The number of rotatable bonds is 3. The van der Waals surface area contributed by atoms with Crippen LogP contribution in [0.15, 0.2) is 36.7 Å². The average Bonchev–Trinajstić information content (AvgIpc) is 3.28. The lowest BCUT2D eigenvalue weighted by molar-refractivity contribution is 0.200. The zero-order chi connectivity index (χ0) is 19.0. The van der Waals surface area contributed by atoms with E-state index < -0.39 is 15.3 Å². The van der Waals surface area contributed by atoms with Crippen LogP contribution in [0.1, 0.15) is 18.4 Å². The van der Waals surface area contributed by atoms with E-state index in [0.717, 1.165) is 17.7 Å². The monoisotopic (exact) mass is 389 g/mol. The molecule has 2 aromatic rings. The number of carbonyl (C=O) groups excluding carboxylic acids is 1. The summed E-state index contributed by atoms with van der Waals surface area (Å²) in [5.74, 6) is 0. The van der Waals surface area contributed by atoms with Gasteiger partial charge >= 0.3 is 6.03 Å². The first-order valence-electron chi connectivity index (χ1n) is 9.09. The molecule has 1 aromatic heterocycles. The number of hydrogen-bond acceptors (Lipinski definition) is 4. The number of aryl methyl sites for hydroxylation is 1. The Labute approximate surface area is 158 Å². The second kappa shape index (κ2) is 6.88. The third-order valence-corrected chi connectivity index (χ3v) is 7.42. The van der Waals surface area contributed by atoms with Crippen LogP contribution in [0.25, 0.3) is 0 Å². The molecule has 0 radical (unpaired) electrons. The fourth-order valence-corrected chi connectivity index (χ4v) is 5.80. The van der Waals surface area contributed by atoms with E-state index in [-0.39, 0.29) is 12.6 Å². The number of urea groups is 1. The van der Waals surface area contributed by atoms with E-state index in [1.165, 1.54) is 4.31 Å². The molecule has 0 saturated carbocycles. The summed E-state index contributed by atoms with van der Waals surface area (Å²) in [5, 5.41) is 6.22. The van der Waals surface area contributed by atoms with E-state index in [1.54, 1.807) is 29.0 Å². The lowest BCUT2D eigenvalue weighted by Crippen LogP contribution is -2.50. The number of piperidine rings is 1. The molecule has 0 spiro atoms. The molecule has 1 aromatic carbocycles. The van der Waals surface area contributed by atoms with Crippen LogP contribution in [-0.2, 0) is 23.5 Å². The largest absolute Gasteiger partial charge is 0.323 e. The third kappa shape index (κ3) is 3.39. The lowest BCUT2D eigenvalue weighted by atomic mass is 10.1. The Morgan fingerprint density at radius 2 is 2.07 bits per heavy atom. The SMILES string of the molecule is Cn1cc(NC(=O)N2CCCC(S(=O)(=O)N3CCc4ccccc43)C2)cn1. The van der Waals surface area contributed by atoms with E-state index in [1.807, 2.05) is 24.3 Å². The Hall–Kier alpha value is -2.55. The number of likely N-dealkylation sites (tertiary alicyclic amines) is 1. The molecule has 3 heterocycles. The summed E-state index contributed by atoms with van der Waals surface area (Å²) in [4.78, 5) is 14.1. The van der Waals surface area contributed by atoms with Crippen molar-refractivity contribution in [2.75, 3.05) is 29.3 Å². The molecule has 2 aliphatic rings. The molecular formula is C18H23N5O3S. The Morgan fingerprint density at radius 1 is 1.26 bits per heavy atom. The Balaban J connectivity index is 1.48. The van der Waals surface area contributed by atoms with Gasteiger partial charge in [0, 0.05) is 32.9 Å². The quantitative estimate of drug-likeness (QED) is 0.867.